The Morgan fingerprint density at radius 1 is 0.976 bits per heavy atom. The first-order chi connectivity index (χ1) is 19.5. The van der Waals surface area contributed by atoms with Gasteiger partial charge in [0.15, 0.2) is 0 Å². The Kier molecular flexibility index (Phi) is 10.1. The Balaban J connectivity index is 1.75. The molecular formula is C32H38ClN3O4S. The van der Waals surface area contributed by atoms with Crippen molar-refractivity contribution in [1.29, 1.82) is 0 Å². The standard InChI is InChI=1S/C32H38ClN3O4S/c1-23-17-18-29(24(2)19-23)36(41(3,39)40)22-31(37)35(21-26-13-7-10-16-28(26)33)30(20-25-11-5-4-6-12-25)32(38)34-27-14-8-9-15-27/h4-7,10-13,16-19,27,30H,8-9,14-15,20-22H2,1-3H3,(H,34,38)/t30-/m1/s1. The first-order valence-corrected chi connectivity index (χ1v) is 16.2. The van der Waals surface area contributed by atoms with Crippen LogP contribution in [0.15, 0.2) is 72.8 Å². The van der Waals surface area contributed by atoms with Gasteiger partial charge in [0.2, 0.25) is 21.8 Å². The van der Waals surface area contributed by atoms with Crippen LogP contribution < -0.4 is 9.62 Å². The molecule has 1 atom stereocenters. The van der Waals surface area contributed by atoms with E-state index in [2.05, 4.69) is 5.32 Å². The average molecular weight is 596 g/mol. The molecule has 7 nitrogen and oxygen atoms in total. The zero-order chi connectivity index (χ0) is 29.6. The molecule has 41 heavy (non-hydrogen) atoms. The van der Waals surface area contributed by atoms with Crippen molar-refractivity contribution in [2.45, 2.75) is 64.6 Å². The first kappa shape index (κ1) is 30.6. The van der Waals surface area contributed by atoms with Crippen molar-refractivity contribution >= 4 is 39.1 Å². The molecule has 0 spiro atoms. The van der Waals surface area contributed by atoms with Crippen molar-refractivity contribution in [3.05, 3.63) is 100 Å². The van der Waals surface area contributed by atoms with E-state index in [9.17, 15) is 18.0 Å². The highest BCUT2D eigenvalue weighted by atomic mass is 35.5. The summed E-state index contributed by atoms with van der Waals surface area (Å²) in [6.07, 6.45) is 5.27. The molecule has 1 saturated carbocycles. The summed E-state index contributed by atoms with van der Waals surface area (Å²) < 4.78 is 27.2. The van der Waals surface area contributed by atoms with Gasteiger partial charge in [-0.15, -0.1) is 0 Å². The fraction of sp³-hybridized carbons (Fsp3) is 0.375. The quantitative estimate of drug-likeness (QED) is 0.321. The number of nitrogens with zero attached hydrogens (tertiary/aromatic N) is 2. The molecule has 1 N–H and O–H groups in total. The van der Waals surface area contributed by atoms with Crippen LogP contribution >= 0.6 is 11.6 Å². The second-order valence-corrected chi connectivity index (χ2v) is 13.2. The normalized spacial score (nSPS) is 14.4. The number of hydrogen-bond donors (Lipinski definition) is 1. The van der Waals surface area contributed by atoms with Crippen LogP contribution in [0.5, 0.6) is 0 Å². The van der Waals surface area contributed by atoms with Crippen LogP contribution in [-0.2, 0) is 32.6 Å². The van der Waals surface area contributed by atoms with Crippen LogP contribution in [0.4, 0.5) is 5.69 Å². The molecule has 0 unspecified atom stereocenters. The molecule has 0 radical (unpaired) electrons. The van der Waals surface area contributed by atoms with E-state index >= 15 is 0 Å². The van der Waals surface area contributed by atoms with Crippen molar-refractivity contribution in [2.75, 3.05) is 17.1 Å². The zero-order valence-electron chi connectivity index (χ0n) is 23.8. The molecule has 0 saturated heterocycles. The summed E-state index contributed by atoms with van der Waals surface area (Å²) in [7, 11) is -3.83. The number of amides is 2. The fourth-order valence-electron chi connectivity index (χ4n) is 5.41. The molecule has 3 aromatic carbocycles. The largest absolute Gasteiger partial charge is 0.352 e. The average Bonchev–Trinajstić information content (AvgIpc) is 3.43. The van der Waals surface area contributed by atoms with Gasteiger partial charge in [-0.25, -0.2) is 8.42 Å². The minimum Gasteiger partial charge on any atom is -0.352 e. The molecule has 1 aliphatic rings. The minimum absolute atomic E-state index is 0.0541. The Bertz CT molecular complexity index is 1470. The number of nitrogens with one attached hydrogen (secondary N) is 1. The molecule has 0 heterocycles. The van der Waals surface area contributed by atoms with Crippen molar-refractivity contribution in [1.82, 2.24) is 10.2 Å². The maximum absolute atomic E-state index is 14.2. The first-order valence-electron chi connectivity index (χ1n) is 13.9. The van der Waals surface area contributed by atoms with Gasteiger partial charge in [0.25, 0.3) is 0 Å². The van der Waals surface area contributed by atoms with Gasteiger partial charge in [-0.05, 0) is 55.5 Å². The highest BCUT2D eigenvalue weighted by Crippen LogP contribution is 2.26. The zero-order valence-corrected chi connectivity index (χ0v) is 25.4. The van der Waals surface area contributed by atoms with Gasteiger partial charge < -0.3 is 10.2 Å². The summed E-state index contributed by atoms with van der Waals surface area (Å²) >= 11 is 6.52. The van der Waals surface area contributed by atoms with Gasteiger partial charge >= 0.3 is 0 Å². The van der Waals surface area contributed by atoms with E-state index in [0.717, 1.165) is 52.9 Å². The summed E-state index contributed by atoms with van der Waals surface area (Å²) in [5.41, 5.74) is 3.72. The predicted octanol–water partition coefficient (Wildman–Crippen LogP) is 5.42. The Hall–Kier alpha value is -3.36. The number of benzene rings is 3. The molecule has 218 valence electrons. The summed E-state index contributed by atoms with van der Waals surface area (Å²) in [6, 6.07) is 21.3. The minimum atomic E-state index is -3.83. The lowest BCUT2D eigenvalue weighted by atomic mass is 10.0. The monoisotopic (exact) mass is 595 g/mol. The van der Waals surface area contributed by atoms with E-state index in [0.29, 0.717) is 16.3 Å². The number of hydrogen-bond acceptors (Lipinski definition) is 4. The van der Waals surface area contributed by atoms with E-state index < -0.39 is 28.5 Å². The predicted molar refractivity (Wildman–Crippen MR) is 164 cm³/mol. The van der Waals surface area contributed by atoms with Crippen molar-refractivity contribution < 1.29 is 18.0 Å². The third-order valence-corrected chi connectivity index (χ3v) is 9.07. The number of aryl methyl sites for hydroxylation is 2. The maximum Gasteiger partial charge on any atom is 0.244 e. The summed E-state index contributed by atoms with van der Waals surface area (Å²) in [5, 5.41) is 3.63. The number of carbonyl (C=O) groups excluding carboxylic acids is 2. The highest BCUT2D eigenvalue weighted by molar-refractivity contribution is 7.92. The van der Waals surface area contributed by atoms with Gasteiger partial charge in [0, 0.05) is 24.0 Å². The van der Waals surface area contributed by atoms with Crippen molar-refractivity contribution in [3.63, 3.8) is 0 Å². The molecule has 1 aliphatic carbocycles. The van der Waals surface area contributed by atoms with Gasteiger partial charge in [0.05, 0.1) is 11.9 Å². The van der Waals surface area contributed by atoms with Crippen molar-refractivity contribution in [2.24, 2.45) is 0 Å². The number of sulfonamides is 1. The third kappa shape index (κ3) is 8.11. The van der Waals surface area contributed by atoms with E-state index in [1.807, 2.05) is 68.4 Å². The number of anilines is 1. The second kappa shape index (κ2) is 13.5. The van der Waals surface area contributed by atoms with Crippen LogP contribution in [0.25, 0.3) is 0 Å². The molecule has 2 amide bonds. The molecule has 1 fully saturated rings. The van der Waals surface area contributed by atoms with Gasteiger partial charge in [-0.3, -0.25) is 13.9 Å². The van der Waals surface area contributed by atoms with Gasteiger partial charge in [0.1, 0.15) is 12.6 Å². The third-order valence-electron chi connectivity index (χ3n) is 7.57. The maximum atomic E-state index is 14.2. The Morgan fingerprint density at radius 3 is 2.27 bits per heavy atom. The molecule has 9 heteroatoms. The lowest BCUT2D eigenvalue weighted by Gasteiger charge is -2.34. The summed E-state index contributed by atoms with van der Waals surface area (Å²) in [5.74, 6) is -0.739. The van der Waals surface area contributed by atoms with Crippen LogP contribution in [-0.4, -0.2) is 50.0 Å². The van der Waals surface area contributed by atoms with E-state index in [1.165, 1.54) is 4.90 Å². The number of carbonyl (C=O) groups is 2. The SMILES string of the molecule is Cc1ccc(N(CC(=O)N(Cc2ccccc2Cl)[C@H](Cc2ccccc2)C(=O)NC2CCCC2)S(C)(=O)=O)c(C)c1. The van der Waals surface area contributed by atoms with Crippen LogP contribution in [0.1, 0.15) is 47.9 Å². The summed E-state index contributed by atoms with van der Waals surface area (Å²) in [6.45, 7) is 3.35. The van der Waals surface area contributed by atoms with E-state index in [1.54, 1.807) is 18.2 Å². The smallest absolute Gasteiger partial charge is 0.244 e. The van der Waals surface area contributed by atoms with Crippen LogP contribution in [0.2, 0.25) is 5.02 Å². The molecule has 0 bridgehead atoms. The molecule has 4 rings (SSSR count). The number of rotatable bonds is 11. The van der Waals surface area contributed by atoms with Crippen LogP contribution in [0.3, 0.4) is 0 Å². The Morgan fingerprint density at radius 2 is 1.63 bits per heavy atom. The highest BCUT2D eigenvalue weighted by Gasteiger charge is 2.34. The lowest BCUT2D eigenvalue weighted by Crippen LogP contribution is -2.54. The van der Waals surface area contributed by atoms with Gasteiger partial charge in [-0.1, -0.05) is 90.7 Å². The van der Waals surface area contributed by atoms with Crippen molar-refractivity contribution in [3.8, 4) is 0 Å². The molecular weight excluding hydrogens is 558 g/mol. The van der Waals surface area contributed by atoms with E-state index in [4.69, 9.17) is 11.6 Å². The topological polar surface area (TPSA) is 86.8 Å². The molecule has 0 aromatic heterocycles. The second-order valence-electron chi connectivity index (χ2n) is 10.9. The van der Waals surface area contributed by atoms with Crippen LogP contribution in [0, 0.1) is 13.8 Å². The summed E-state index contributed by atoms with van der Waals surface area (Å²) in [4.78, 5) is 29.6. The lowest BCUT2D eigenvalue weighted by molar-refractivity contribution is -0.140. The number of halogens is 1. The molecule has 3 aromatic rings. The van der Waals surface area contributed by atoms with E-state index in [-0.39, 0.29) is 24.9 Å². The Labute approximate surface area is 248 Å². The fourth-order valence-corrected chi connectivity index (χ4v) is 6.51. The van der Waals surface area contributed by atoms with Gasteiger partial charge in [-0.2, -0.15) is 0 Å². The molecule has 0 aliphatic heterocycles.